The molecular weight excluding hydrogens is 385 g/mol. The molecule has 0 saturated carbocycles. The normalized spacial score (nSPS) is 10.5. The van der Waals surface area contributed by atoms with Gasteiger partial charge in [-0.2, -0.15) is 5.10 Å². The molecule has 0 aliphatic carbocycles. The first kappa shape index (κ1) is 19.1. The molecule has 4 aromatic rings. The van der Waals surface area contributed by atoms with Gasteiger partial charge in [0.25, 0.3) is 0 Å². The Morgan fingerprint density at radius 3 is 2.33 bits per heavy atom. The van der Waals surface area contributed by atoms with Gasteiger partial charge in [-0.15, -0.1) is 10.2 Å². The van der Waals surface area contributed by atoms with Gasteiger partial charge in [0.2, 0.25) is 0 Å². The molecule has 2 amide bonds. The summed E-state index contributed by atoms with van der Waals surface area (Å²) in [5.74, 6) is 0.781. The topological polar surface area (TPSA) is 96.8 Å². The number of urea groups is 1. The summed E-state index contributed by atoms with van der Waals surface area (Å²) in [6, 6.07) is 17.8. The van der Waals surface area contributed by atoms with Crippen molar-refractivity contribution in [3.05, 3.63) is 84.4 Å². The molecule has 2 aromatic heterocycles. The van der Waals surface area contributed by atoms with Crippen LogP contribution in [0.3, 0.4) is 0 Å². The SMILES string of the molecule is Cc1ccn(-c2ccc(Nc3ccc(NC(=O)Nc4cccc(F)c4)cc3)nn2)n1. The fraction of sp³-hybridized carbons (Fsp3) is 0.0476. The van der Waals surface area contributed by atoms with Crippen molar-refractivity contribution >= 4 is 28.9 Å². The number of carbonyl (C=O) groups excluding carboxylic acids is 1. The predicted octanol–water partition coefficient (Wildman–Crippen LogP) is 4.50. The lowest BCUT2D eigenvalue weighted by Gasteiger charge is -2.09. The highest BCUT2D eigenvalue weighted by molar-refractivity contribution is 5.99. The minimum atomic E-state index is -0.461. The van der Waals surface area contributed by atoms with Gasteiger partial charge in [-0.3, -0.25) is 0 Å². The molecular formula is C21H18FN7O. The van der Waals surface area contributed by atoms with Crippen LogP contribution in [-0.2, 0) is 0 Å². The zero-order valence-electron chi connectivity index (χ0n) is 16.0. The Kier molecular flexibility index (Phi) is 5.33. The number of halogens is 1. The van der Waals surface area contributed by atoms with Crippen molar-refractivity contribution in [2.24, 2.45) is 0 Å². The number of benzene rings is 2. The standard InChI is InChI=1S/C21H18FN7O/c1-14-11-12-29(28-14)20-10-9-19(26-27-20)23-16-5-7-17(8-6-16)24-21(30)25-18-4-2-3-15(22)13-18/h2-13H,1H3,(H,23,26)(H2,24,25,30). The minimum absolute atomic E-state index is 0.373. The van der Waals surface area contributed by atoms with Crippen LogP contribution in [-0.4, -0.2) is 26.0 Å². The summed E-state index contributed by atoms with van der Waals surface area (Å²) in [5, 5.41) is 21.0. The van der Waals surface area contributed by atoms with Gasteiger partial charge in [0.05, 0.1) is 5.69 Å². The number of rotatable bonds is 5. The molecule has 0 aliphatic heterocycles. The predicted molar refractivity (Wildman–Crippen MR) is 113 cm³/mol. The molecule has 4 rings (SSSR count). The highest BCUT2D eigenvalue weighted by Gasteiger charge is 2.05. The number of aromatic nitrogens is 4. The van der Waals surface area contributed by atoms with E-state index in [1.54, 1.807) is 41.1 Å². The first-order valence-electron chi connectivity index (χ1n) is 9.12. The minimum Gasteiger partial charge on any atom is -0.339 e. The molecule has 0 fully saturated rings. The Morgan fingerprint density at radius 2 is 1.67 bits per heavy atom. The monoisotopic (exact) mass is 403 g/mol. The molecule has 0 unspecified atom stereocenters. The maximum Gasteiger partial charge on any atom is 0.323 e. The van der Waals surface area contributed by atoms with Crippen LogP contribution in [0.2, 0.25) is 0 Å². The molecule has 2 heterocycles. The van der Waals surface area contributed by atoms with Crippen molar-refractivity contribution in [1.29, 1.82) is 0 Å². The van der Waals surface area contributed by atoms with Gasteiger partial charge in [0.1, 0.15) is 5.82 Å². The van der Waals surface area contributed by atoms with Gasteiger partial charge < -0.3 is 16.0 Å². The molecule has 8 nitrogen and oxygen atoms in total. The smallest absolute Gasteiger partial charge is 0.323 e. The quantitative estimate of drug-likeness (QED) is 0.456. The molecule has 0 aliphatic rings. The second-order valence-corrected chi connectivity index (χ2v) is 6.47. The first-order chi connectivity index (χ1) is 14.5. The molecule has 0 spiro atoms. The van der Waals surface area contributed by atoms with Crippen molar-refractivity contribution in [1.82, 2.24) is 20.0 Å². The lowest BCUT2D eigenvalue weighted by Crippen LogP contribution is -2.19. The largest absolute Gasteiger partial charge is 0.339 e. The van der Waals surface area contributed by atoms with E-state index in [0.717, 1.165) is 11.4 Å². The maximum atomic E-state index is 13.2. The molecule has 0 radical (unpaired) electrons. The average molecular weight is 403 g/mol. The van der Waals surface area contributed by atoms with Crippen LogP contribution in [0.1, 0.15) is 5.69 Å². The van der Waals surface area contributed by atoms with Crippen molar-refractivity contribution in [3.8, 4) is 5.82 Å². The second kappa shape index (κ2) is 8.39. The Labute approximate surface area is 171 Å². The molecule has 150 valence electrons. The molecule has 9 heteroatoms. The number of amides is 2. The van der Waals surface area contributed by atoms with E-state index < -0.39 is 11.8 Å². The second-order valence-electron chi connectivity index (χ2n) is 6.47. The third-order valence-corrected chi connectivity index (χ3v) is 4.11. The van der Waals surface area contributed by atoms with Gasteiger partial charge in [-0.1, -0.05) is 6.07 Å². The number of nitrogens with one attached hydrogen (secondary N) is 3. The summed E-state index contributed by atoms with van der Waals surface area (Å²) in [5.41, 5.74) is 2.64. The average Bonchev–Trinajstić information content (AvgIpc) is 3.16. The van der Waals surface area contributed by atoms with Crippen molar-refractivity contribution in [3.63, 3.8) is 0 Å². The number of carbonyl (C=O) groups is 1. The summed E-state index contributed by atoms with van der Waals surface area (Å²) in [6.45, 7) is 1.91. The number of anilines is 4. The van der Waals surface area contributed by atoms with Crippen LogP contribution in [0.25, 0.3) is 5.82 Å². The summed E-state index contributed by atoms with van der Waals surface area (Å²) in [7, 11) is 0. The van der Waals surface area contributed by atoms with E-state index in [1.165, 1.54) is 18.2 Å². The van der Waals surface area contributed by atoms with E-state index in [0.29, 0.717) is 23.0 Å². The van der Waals surface area contributed by atoms with E-state index in [9.17, 15) is 9.18 Å². The Bertz CT molecular complexity index is 1160. The van der Waals surface area contributed by atoms with E-state index in [4.69, 9.17) is 0 Å². The first-order valence-corrected chi connectivity index (χ1v) is 9.12. The molecule has 0 atom stereocenters. The summed E-state index contributed by atoms with van der Waals surface area (Å²) < 4.78 is 14.8. The highest BCUT2D eigenvalue weighted by Crippen LogP contribution is 2.18. The van der Waals surface area contributed by atoms with Crippen LogP contribution in [0, 0.1) is 12.7 Å². The van der Waals surface area contributed by atoms with Crippen molar-refractivity contribution in [2.45, 2.75) is 6.92 Å². The van der Waals surface area contributed by atoms with Gasteiger partial charge >= 0.3 is 6.03 Å². The molecule has 0 bridgehead atoms. The van der Waals surface area contributed by atoms with E-state index in [-0.39, 0.29) is 0 Å². The Hall–Kier alpha value is -4.27. The van der Waals surface area contributed by atoms with E-state index in [1.807, 2.05) is 25.3 Å². The van der Waals surface area contributed by atoms with Crippen LogP contribution < -0.4 is 16.0 Å². The van der Waals surface area contributed by atoms with Crippen molar-refractivity contribution < 1.29 is 9.18 Å². The molecule has 30 heavy (non-hydrogen) atoms. The molecule has 2 aromatic carbocycles. The third-order valence-electron chi connectivity index (χ3n) is 4.11. The summed E-state index contributed by atoms with van der Waals surface area (Å²) in [4.78, 5) is 12.0. The zero-order chi connectivity index (χ0) is 20.9. The highest BCUT2D eigenvalue weighted by atomic mass is 19.1. The Morgan fingerprint density at radius 1 is 0.900 bits per heavy atom. The summed E-state index contributed by atoms with van der Waals surface area (Å²) in [6.07, 6.45) is 1.82. The van der Waals surface area contributed by atoms with Crippen molar-refractivity contribution in [2.75, 3.05) is 16.0 Å². The Balaban J connectivity index is 1.34. The number of hydrogen-bond acceptors (Lipinski definition) is 5. The lowest BCUT2D eigenvalue weighted by molar-refractivity contribution is 0.262. The molecule has 3 N–H and O–H groups in total. The third kappa shape index (κ3) is 4.76. The number of hydrogen-bond donors (Lipinski definition) is 3. The fourth-order valence-electron chi connectivity index (χ4n) is 2.70. The number of aryl methyl sites for hydroxylation is 1. The van der Waals surface area contributed by atoms with Crippen LogP contribution in [0.5, 0.6) is 0 Å². The van der Waals surface area contributed by atoms with Gasteiger partial charge in [-0.05, 0) is 67.6 Å². The zero-order valence-corrected chi connectivity index (χ0v) is 16.0. The van der Waals surface area contributed by atoms with Gasteiger partial charge in [0.15, 0.2) is 11.6 Å². The fourth-order valence-corrected chi connectivity index (χ4v) is 2.70. The van der Waals surface area contributed by atoms with Crippen LogP contribution >= 0.6 is 0 Å². The van der Waals surface area contributed by atoms with E-state index in [2.05, 4.69) is 31.2 Å². The van der Waals surface area contributed by atoms with Crippen LogP contribution in [0.4, 0.5) is 32.1 Å². The number of nitrogens with zero attached hydrogens (tertiary/aromatic N) is 4. The maximum absolute atomic E-state index is 13.2. The van der Waals surface area contributed by atoms with Crippen LogP contribution in [0.15, 0.2) is 72.9 Å². The van der Waals surface area contributed by atoms with Gasteiger partial charge in [-0.25, -0.2) is 13.9 Å². The molecule has 0 saturated heterocycles. The lowest BCUT2D eigenvalue weighted by atomic mass is 10.2. The summed E-state index contributed by atoms with van der Waals surface area (Å²) >= 11 is 0. The van der Waals surface area contributed by atoms with Gasteiger partial charge in [0, 0.05) is 23.3 Å². The van der Waals surface area contributed by atoms with E-state index >= 15 is 0 Å².